The Labute approximate surface area is 132 Å². The fourth-order valence-corrected chi connectivity index (χ4v) is 3.01. The van der Waals surface area contributed by atoms with Crippen molar-refractivity contribution in [3.05, 3.63) is 70.1 Å². The van der Waals surface area contributed by atoms with Crippen LogP contribution in [0.4, 0.5) is 0 Å². The third kappa shape index (κ3) is 2.03. The Morgan fingerprint density at radius 2 is 1.70 bits per heavy atom. The summed E-state index contributed by atoms with van der Waals surface area (Å²) < 4.78 is 7.59. The molecule has 2 aromatic heterocycles. The fourth-order valence-electron chi connectivity index (χ4n) is 3.01. The van der Waals surface area contributed by atoms with Crippen LogP contribution in [0.25, 0.3) is 27.6 Å². The monoisotopic (exact) mass is 305 g/mol. The summed E-state index contributed by atoms with van der Waals surface area (Å²) in [6, 6.07) is 14.1. The van der Waals surface area contributed by atoms with Crippen LogP contribution in [0.3, 0.4) is 0 Å². The Hall–Kier alpha value is -3.01. The molecule has 2 aromatic carbocycles. The van der Waals surface area contributed by atoms with Crippen LogP contribution in [0.15, 0.2) is 57.7 Å². The van der Waals surface area contributed by atoms with E-state index < -0.39 is 0 Å². The van der Waals surface area contributed by atoms with Gasteiger partial charge >= 0.3 is 0 Å². The molecule has 4 heteroatoms. The van der Waals surface area contributed by atoms with E-state index in [1.807, 2.05) is 32.0 Å². The fraction of sp³-hybridized carbons (Fsp3) is 0.105. The molecule has 0 aliphatic carbocycles. The first-order valence-electron chi connectivity index (χ1n) is 7.39. The molecular weight excluding hydrogens is 290 g/mol. The lowest BCUT2D eigenvalue weighted by Crippen LogP contribution is -2.19. The molecule has 0 radical (unpaired) electrons. The quantitative estimate of drug-likeness (QED) is 0.577. The van der Waals surface area contributed by atoms with Gasteiger partial charge in [-0.15, -0.1) is 0 Å². The van der Waals surface area contributed by atoms with Crippen LogP contribution in [0.5, 0.6) is 5.75 Å². The van der Waals surface area contributed by atoms with Crippen LogP contribution in [0.1, 0.15) is 11.3 Å². The summed E-state index contributed by atoms with van der Waals surface area (Å²) in [5.41, 5.74) is 3.92. The summed E-state index contributed by atoms with van der Waals surface area (Å²) in [6.07, 6.45) is 0. The molecule has 23 heavy (non-hydrogen) atoms. The Morgan fingerprint density at radius 3 is 2.43 bits per heavy atom. The zero-order valence-electron chi connectivity index (χ0n) is 12.8. The summed E-state index contributed by atoms with van der Waals surface area (Å²) in [5, 5.41) is 11.2. The lowest BCUT2D eigenvalue weighted by atomic mass is 10.1. The van der Waals surface area contributed by atoms with Crippen molar-refractivity contribution < 1.29 is 9.52 Å². The van der Waals surface area contributed by atoms with Crippen molar-refractivity contribution >= 4 is 21.9 Å². The number of pyridine rings is 1. The maximum Gasteiger partial charge on any atom is 0.256 e. The molecular formula is C19H15NO3. The van der Waals surface area contributed by atoms with E-state index >= 15 is 0 Å². The number of fused-ring (bicyclic) bond motifs is 3. The molecule has 0 spiro atoms. The smallest absolute Gasteiger partial charge is 0.256 e. The number of benzene rings is 2. The molecule has 0 fully saturated rings. The van der Waals surface area contributed by atoms with Crippen LogP contribution >= 0.6 is 0 Å². The third-order valence-electron chi connectivity index (χ3n) is 4.14. The predicted molar refractivity (Wildman–Crippen MR) is 90.5 cm³/mol. The van der Waals surface area contributed by atoms with Crippen molar-refractivity contribution in [1.29, 1.82) is 0 Å². The van der Waals surface area contributed by atoms with Gasteiger partial charge in [-0.05, 0) is 49.7 Å². The van der Waals surface area contributed by atoms with Crippen LogP contribution in [-0.2, 0) is 0 Å². The highest BCUT2D eigenvalue weighted by Crippen LogP contribution is 2.31. The van der Waals surface area contributed by atoms with Gasteiger partial charge in [0, 0.05) is 22.5 Å². The van der Waals surface area contributed by atoms with Crippen molar-refractivity contribution in [2.45, 2.75) is 13.8 Å². The molecule has 0 atom stereocenters. The third-order valence-corrected chi connectivity index (χ3v) is 4.14. The molecule has 0 bridgehead atoms. The van der Waals surface area contributed by atoms with E-state index in [1.54, 1.807) is 34.9 Å². The second-order valence-corrected chi connectivity index (χ2v) is 5.76. The minimum Gasteiger partial charge on any atom is -0.508 e. The highest BCUT2D eigenvalue weighted by atomic mass is 16.3. The van der Waals surface area contributed by atoms with Gasteiger partial charge in [-0.1, -0.05) is 12.1 Å². The molecule has 0 aliphatic rings. The standard InChI is InChI=1S/C19H15NO3/c1-11-3-8-15-16-10-18(22)20(13-4-6-14(21)7-5-13)12(2)19(16)23-17(15)9-11/h3-10,21H,1-2H3. The normalized spacial score (nSPS) is 11.4. The van der Waals surface area contributed by atoms with Gasteiger partial charge < -0.3 is 9.52 Å². The maximum atomic E-state index is 12.6. The van der Waals surface area contributed by atoms with Gasteiger partial charge in [0.05, 0.1) is 5.69 Å². The van der Waals surface area contributed by atoms with E-state index in [4.69, 9.17) is 4.42 Å². The van der Waals surface area contributed by atoms with E-state index in [0.29, 0.717) is 11.3 Å². The Morgan fingerprint density at radius 1 is 0.957 bits per heavy atom. The number of aryl methyl sites for hydroxylation is 2. The summed E-state index contributed by atoms with van der Waals surface area (Å²) in [5.74, 6) is 0.166. The minimum atomic E-state index is -0.121. The van der Waals surface area contributed by atoms with Crippen LogP contribution < -0.4 is 5.56 Å². The van der Waals surface area contributed by atoms with Crippen LogP contribution in [-0.4, -0.2) is 9.67 Å². The molecule has 1 N–H and O–H groups in total. The van der Waals surface area contributed by atoms with Crippen LogP contribution in [0.2, 0.25) is 0 Å². The number of aromatic hydroxyl groups is 1. The van der Waals surface area contributed by atoms with Crippen molar-refractivity contribution in [1.82, 2.24) is 4.57 Å². The molecule has 0 saturated carbocycles. The van der Waals surface area contributed by atoms with Gasteiger partial charge in [0.2, 0.25) is 0 Å². The van der Waals surface area contributed by atoms with Gasteiger partial charge in [-0.25, -0.2) is 0 Å². The van der Waals surface area contributed by atoms with Crippen molar-refractivity contribution in [2.24, 2.45) is 0 Å². The van der Waals surface area contributed by atoms with Gasteiger partial charge in [-0.3, -0.25) is 9.36 Å². The van der Waals surface area contributed by atoms with E-state index in [1.165, 1.54) is 0 Å². The number of aromatic nitrogens is 1. The number of hydrogen-bond acceptors (Lipinski definition) is 3. The average Bonchev–Trinajstić information content (AvgIpc) is 2.87. The molecule has 4 aromatic rings. The highest BCUT2D eigenvalue weighted by molar-refractivity contribution is 6.05. The van der Waals surface area contributed by atoms with E-state index in [0.717, 1.165) is 27.6 Å². The topological polar surface area (TPSA) is 55.4 Å². The largest absolute Gasteiger partial charge is 0.508 e. The average molecular weight is 305 g/mol. The molecule has 0 unspecified atom stereocenters. The number of phenolic OH excluding ortho intramolecular Hbond substituents is 1. The van der Waals surface area contributed by atoms with Gasteiger partial charge in [0.15, 0.2) is 5.58 Å². The molecule has 0 saturated heterocycles. The zero-order chi connectivity index (χ0) is 16.1. The molecule has 114 valence electrons. The first kappa shape index (κ1) is 13.6. The minimum absolute atomic E-state index is 0.121. The Kier molecular flexibility index (Phi) is 2.81. The van der Waals surface area contributed by atoms with E-state index in [-0.39, 0.29) is 11.3 Å². The Balaban J connectivity index is 2.09. The molecule has 4 rings (SSSR count). The van der Waals surface area contributed by atoms with Crippen molar-refractivity contribution in [3.63, 3.8) is 0 Å². The lowest BCUT2D eigenvalue weighted by molar-refractivity contribution is 0.475. The first-order chi connectivity index (χ1) is 11.0. The van der Waals surface area contributed by atoms with E-state index in [2.05, 4.69) is 0 Å². The summed E-state index contributed by atoms with van der Waals surface area (Å²) in [6.45, 7) is 3.88. The zero-order valence-corrected chi connectivity index (χ0v) is 12.8. The summed E-state index contributed by atoms with van der Waals surface area (Å²) in [7, 11) is 0. The summed E-state index contributed by atoms with van der Waals surface area (Å²) >= 11 is 0. The van der Waals surface area contributed by atoms with E-state index in [9.17, 15) is 9.90 Å². The number of nitrogens with zero attached hydrogens (tertiary/aromatic N) is 1. The first-order valence-corrected chi connectivity index (χ1v) is 7.39. The number of furan rings is 1. The lowest BCUT2D eigenvalue weighted by Gasteiger charge is -2.10. The molecule has 0 amide bonds. The predicted octanol–water partition coefficient (Wildman–Crippen LogP) is 4.06. The number of rotatable bonds is 1. The van der Waals surface area contributed by atoms with Gasteiger partial charge in [0.25, 0.3) is 5.56 Å². The second kappa shape index (κ2) is 4.74. The van der Waals surface area contributed by atoms with Gasteiger partial charge in [0.1, 0.15) is 11.3 Å². The molecule has 2 heterocycles. The highest BCUT2D eigenvalue weighted by Gasteiger charge is 2.15. The number of phenols is 1. The summed E-state index contributed by atoms with van der Waals surface area (Å²) in [4.78, 5) is 12.6. The number of hydrogen-bond donors (Lipinski definition) is 1. The second-order valence-electron chi connectivity index (χ2n) is 5.76. The van der Waals surface area contributed by atoms with Crippen molar-refractivity contribution in [3.8, 4) is 11.4 Å². The Bertz CT molecular complexity index is 1100. The SMILES string of the molecule is Cc1ccc2c(c1)oc1c(C)n(-c3ccc(O)cc3)c(=O)cc12. The molecule has 0 aliphatic heterocycles. The maximum absolute atomic E-state index is 12.6. The molecule has 4 nitrogen and oxygen atoms in total. The van der Waals surface area contributed by atoms with Crippen LogP contribution in [0, 0.1) is 13.8 Å². The van der Waals surface area contributed by atoms with Gasteiger partial charge in [-0.2, -0.15) is 0 Å². The van der Waals surface area contributed by atoms with Crippen molar-refractivity contribution in [2.75, 3.05) is 0 Å².